The van der Waals surface area contributed by atoms with Gasteiger partial charge in [0.05, 0.1) is 6.61 Å². The van der Waals surface area contributed by atoms with Crippen molar-refractivity contribution in [1.82, 2.24) is 9.97 Å². The van der Waals surface area contributed by atoms with Crippen molar-refractivity contribution in [3.8, 4) is 0 Å². The monoisotopic (exact) mass is 329 g/mol. The Morgan fingerprint density at radius 2 is 1.75 bits per heavy atom. The van der Waals surface area contributed by atoms with Crippen LogP contribution in [0.15, 0.2) is 36.5 Å². The molecule has 126 valence electrons. The summed E-state index contributed by atoms with van der Waals surface area (Å²) in [7, 11) is 1.60. The number of nitrogens with zero attached hydrogens (tertiary/aromatic N) is 2. The Kier molecular flexibility index (Phi) is 6.21. The molecule has 1 aromatic heterocycles. The summed E-state index contributed by atoms with van der Waals surface area (Å²) < 4.78 is 4.93. The number of aromatic nitrogens is 2. The van der Waals surface area contributed by atoms with E-state index in [4.69, 9.17) is 4.74 Å². The Bertz CT molecular complexity index is 703. The van der Waals surface area contributed by atoms with Crippen LogP contribution in [0.25, 0.3) is 0 Å². The van der Waals surface area contributed by atoms with Gasteiger partial charge in [-0.25, -0.2) is 9.97 Å². The normalized spacial score (nSPS) is 10.1. The lowest BCUT2D eigenvalue weighted by Crippen LogP contribution is -2.16. The van der Waals surface area contributed by atoms with E-state index >= 15 is 0 Å². The number of carbonyl (C=O) groups is 2. The number of anilines is 3. The molecule has 8 nitrogen and oxygen atoms in total. The van der Waals surface area contributed by atoms with Crippen LogP contribution >= 0.6 is 0 Å². The Morgan fingerprint density at radius 3 is 2.38 bits per heavy atom. The number of ether oxygens (including phenoxy) is 1. The van der Waals surface area contributed by atoms with Crippen LogP contribution in [0.5, 0.6) is 0 Å². The van der Waals surface area contributed by atoms with Gasteiger partial charge in [0.2, 0.25) is 11.9 Å². The third kappa shape index (κ3) is 5.33. The topological polar surface area (TPSA) is 105 Å². The highest BCUT2D eigenvalue weighted by Crippen LogP contribution is 2.14. The van der Waals surface area contributed by atoms with Crippen LogP contribution in [0.2, 0.25) is 0 Å². The van der Waals surface area contributed by atoms with Crippen LogP contribution in [-0.4, -0.2) is 42.0 Å². The molecule has 0 saturated carbocycles. The molecular formula is C16H19N5O3. The van der Waals surface area contributed by atoms with Crippen molar-refractivity contribution in [1.29, 1.82) is 0 Å². The van der Waals surface area contributed by atoms with E-state index in [2.05, 4.69) is 25.9 Å². The van der Waals surface area contributed by atoms with Gasteiger partial charge in [0, 0.05) is 38.1 Å². The fourth-order valence-electron chi connectivity index (χ4n) is 1.87. The average Bonchev–Trinajstić information content (AvgIpc) is 2.57. The number of nitrogens with one attached hydrogen (secondary N) is 3. The van der Waals surface area contributed by atoms with Gasteiger partial charge in [0.25, 0.3) is 5.91 Å². The first-order chi connectivity index (χ1) is 11.6. The molecule has 0 aliphatic carbocycles. The third-order valence-corrected chi connectivity index (χ3v) is 2.94. The highest BCUT2D eigenvalue weighted by atomic mass is 16.5. The molecule has 2 aromatic rings. The minimum atomic E-state index is -0.348. The highest BCUT2D eigenvalue weighted by Gasteiger charge is 2.09. The molecule has 24 heavy (non-hydrogen) atoms. The van der Waals surface area contributed by atoms with E-state index in [0.29, 0.717) is 30.5 Å². The van der Waals surface area contributed by atoms with Crippen molar-refractivity contribution < 1.29 is 14.3 Å². The smallest absolute Gasteiger partial charge is 0.274 e. The van der Waals surface area contributed by atoms with E-state index in [0.717, 1.165) is 0 Å². The summed E-state index contributed by atoms with van der Waals surface area (Å²) in [5, 5.41) is 8.36. The summed E-state index contributed by atoms with van der Waals surface area (Å²) in [5.41, 5.74) is 1.50. The Labute approximate surface area is 139 Å². The molecule has 0 radical (unpaired) electrons. The predicted octanol–water partition coefficient (Wildman–Crippen LogP) is 1.75. The van der Waals surface area contributed by atoms with Crippen molar-refractivity contribution in [2.75, 3.05) is 36.2 Å². The molecule has 8 heteroatoms. The maximum absolute atomic E-state index is 12.2. The summed E-state index contributed by atoms with van der Waals surface area (Å²) in [6.07, 6.45) is 1.51. The Morgan fingerprint density at radius 1 is 1.08 bits per heavy atom. The van der Waals surface area contributed by atoms with Crippen molar-refractivity contribution >= 4 is 29.1 Å². The number of hydrogen-bond donors (Lipinski definition) is 3. The maximum atomic E-state index is 12.2. The molecule has 3 N–H and O–H groups in total. The van der Waals surface area contributed by atoms with E-state index in [1.807, 2.05) is 0 Å². The minimum absolute atomic E-state index is 0.152. The van der Waals surface area contributed by atoms with Crippen molar-refractivity contribution in [2.45, 2.75) is 6.92 Å². The number of benzene rings is 1. The van der Waals surface area contributed by atoms with E-state index < -0.39 is 0 Å². The minimum Gasteiger partial charge on any atom is -0.383 e. The van der Waals surface area contributed by atoms with Crippen molar-refractivity contribution in [3.63, 3.8) is 0 Å². The van der Waals surface area contributed by atoms with E-state index in [1.165, 1.54) is 19.2 Å². The van der Waals surface area contributed by atoms with E-state index in [9.17, 15) is 9.59 Å². The largest absolute Gasteiger partial charge is 0.383 e. The van der Waals surface area contributed by atoms with Crippen LogP contribution in [0.4, 0.5) is 17.3 Å². The second-order valence-electron chi connectivity index (χ2n) is 4.90. The predicted molar refractivity (Wildman–Crippen MR) is 91.1 cm³/mol. The van der Waals surface area contributed by atoms with Gasteiger partial charge in [-0.15, -0.1) is 0 Å². The maximum Gasteiger partial charge on any atom is 0.274 e. The molecule has 0 spiro atoms. The summed E-state index contributed by atoms with van der Waals surface area (Å²) >= 11 is 0. The number of hydrogen-bond acceptors (Lipinski definition) is 6. The molecule has 0 aliphatic heterocycles. The molecule has 1 aromatic carbocycles. The van der Waals surface area contributed by atoms with Gasteiger partial charge in [-0.2, -0.15) is 0 Å². The summed E-state index contributed by atoms with van der Waals surface area (Å²) in [6, 6.07) is 8.33. The van der Waals surface area contributed by atoms with Crippen LogP contribution in [0.1, 0.15) is 17.4 Å². The Balaban J connectivity index is 1.98. The molecule has 0 fully saturated rings. The molecule has 0 atom stereocenters. The van der Waals surface area contributed by atoms with Gasteiger partial charge in [0.1, 0.15) is 5.69 Å². The SMILES string of the molecule is COCCNc1nccc(C(=O)Nc2ccc(NC(C)=O)cc2)n1. The number of rotatable bonds is 7. The fraction of sp³-hybridized carbons (Fsp3) is 0.250. The molecule has 0 saturated heterocycles. The van der Waals surface area contributed by atoms with Crippen LogP contribution in [0.3, 0.4) is 0 Å². The second-order valence-corrected chi connectivity index (χ2v) is 4.90. The van der Waals surface area contributed by atoms with Crippen molar-refractivity contribution in [3.05, 3.63) is 42.2 Å². The summed E-state index contributed by atoms with van der Waals surface area (Å²) in [5.74, 6) is -0.138. The molecule has 0 unspecified atom stereocenters. The van der Waals surface area contributed by atoms with E-state index in [1.54, 1.807) is 31.4 Å². The fourth-order valence-corrected chi connectivity index (χ4v) is 1.87. The number of methoxy groups -OCH3 is 1. The zero-order chi connectivity index (χ0) is 17.4. The first kappa shape index (κ1) is 17.4. The molecule has 0 aliphatic rings. The standard InChI is InChI=1S/C16H19N5O3/c1-11(22)19-12-3-5-13(6-4-12)20-15(23)14-7-8-17-16(21-14)18-9-10-24-2/h3-8H,9-10H2,1-2H3,(H,19,22)(H,20,23)(H,17,18,21). The lowest BCUT2D eigenvalue weighted by Gasteiger charge is -2.08. The van der Waals surface area contributed by atoms with E-state index in [-0.39, 0.29) is 17.5 Å². The van der Waals surface area contributed by atoms with Gasteiger partial charge >= 0.3 is 0 Å². The number of amides is 2. The molecular weight excluding hydrogens is 310 g/mol. The summed E-state index contributed by atoms with van der Waals surface area (Å²) in [4.78, 5) is 31.4. The summed E-state index contributed by atoms with van der Waals surface area (Å²) in [6.45, 7) is 2.50. The Hall–Kier alpha value is -3.00. The highest BCUT2D eigenvalue weighted by molar-refractivity contribution is 6.03. The van der Waals surface area contributed by atoms with Gasteiger partial charge in [0.15, 0.2) is 0 Å². The van der Waals surface area contributed by atoms with Gasteiger partial charge in [-0.3, -0.25) is 9.59 Å². The molecule has 2 rings (SSSR count). The van der Waals surface area contributed by atoms with Gasteiger partial charge in [-0.05, 0) is 30.3 Å². The van der Waals surface area contributed by atoms with Gasteiger partial charge < -0.3 is 20.7 Å². The van der Waals surface area contributed by atoms with Crippen LogP contribution in [0, 0.1) is 0 Å². The van der Waals surface area contributed by atoms with Crippen LogP contribution in [-0.2, 0) is 9.53 Å². The quantitative estimate of drug-likeness (QED) is 0.668. The lowest BCUT2D eigenvalue weighted by atomic mass is 10.2. The lowest BCUT2D eigenvalue weighted by molar-refractivity contribution is -0.114. The molecule has 1 heterocycles. The number of carbonyl (C=O) groups excluding carboxylic acids is 2. The zero-order valence-electron chi connectivity index (χ0n) is 13.5. The van der Waals surface area contributed by atoms with Crippen molar-refractivity contribution in [2.24, 2.45) is 0 Å². The first-order valence-electron chi connectivity index (χ1n) is 7.33. The third-order valence-electron chi connectivity index (χ3n) is 2.94. The van der Waals surface area contributed by atoms with Crippen LogP contribution < -0.4 is 16.0 Å². The second kappa shape index (κ2) is 8.59. The molecule has 2 amide bonds. The first-order valence-corrected chi connectivity index (χ1v) is 7.33. The van der Waals surface area contributed by atoms with Gasteiger partial charge in [-0.1, -0.05) is 0 Å². The zero-order valence-corrected chi connectivity index (χ0v) is 13.5. The average molecular weight is 329 g/mol. The molecule has 0 bridgehead atoms.